The van der Waals surface area contributed by atoms with E-state index in [-0.39, 0.29) is 16.9 Å². The first-order valence-electron chi connectivity index (χ1n) is 6.29. The predicted molar refractivity (Wildman–Crippen MR) is 80.8 cm³/mol. The van der Waals surface area contributed by atoms with Crippen molar-refractivity contribution >= 4 is 39.1 Å². The second-order valence-corrected chi connectivity index (χ2v) is 6.67. The van der Waals surface area contributed by atoms with Crippen molar-refractivity contribution < 1.29 is 4.74 Å². The van der Waals surface area contributed by atoms with Crippen molar-refractivity contribution in [3.63, 3.8) is 0 Å². The zero-order chi connectivity index (χ0) is 13.3. The minimum Gasteiger partial charge on any atom is -0.488 e. The lowest BCUT2D eigenvalue weighted by Gasteiger charge is -2.52. The molecule has 0 radical (unpaired) electrons. The molecule has 0 aliphatic heterocycles. The first kappa shape index (κ1) is 14.5. The first-order valence-corrected chi connectivity index (χ1v) is 7.90. The van der Waals surface area contributed by atoms with Crippen molar-refractivity contribution in [2.45, 2.75) is 44.6 Å². The van der Waals surface area contributed by atoms with Crippen molar-refractivity contribution in [1.29, 1.82) is 0 Å². The first-order chi connectivity index (χ1) is 8.53. The molecule has 1 aliphatic rings. The normalized spacial score (nSPS) is 25.6. The van der Waals surface area contributed by atoms with Crippen molar-refractivity contribution in [2.75, 3.05) is 0 Å². The van der Waals surface area contributed by atoms with Crippen LogP contribution in [0, 0.1) is 5.41 Å². The summed E-state index contributed by atoms with van der Waals surface area (Å²) in [6.07, 6.45) is 3.13. The SMILES string of the molecule is CCC1(CC)C(Cl)CC1Oc1cc(Br)ccc1Cl. The molecule has 0 spiro atoms. The number of halogens is 3. The number of hydrogen-bond donors (Lipinski definition) is 0. The highest BCUT2D eigenvalue weighted by Gasteiger charge is 2.53. The minimum absolute atomic E-state index is 0.0905. The van der Waals surface area contributed by atoms with Gasteiger partial charge < -0.3 is 4.74 Å². The number of alkyl halides is 1. The third-order valence-corrected chi connectivity index (χ3v) is 5.58. The van der Waals surface area contributed by atoms with Crippen LogP contribution in [0.15, 0.2) is 22.7 Å². The van der Waals surface area contributed by atoms with Crippen LogP contribution in [0.3, 0.4) is 0 Å². The maximum absolute atomic E-state index is 6.38. The zero-order valence-electron chi connectivity index (χ0n) is 10.6. The number of benzene rings is 1. The second kappa shape index (κ2) is 5.60. The van der Waals surface area contributed by atoms with E-state index >= 15 is 0 Å². The lowest BCUT2D eigenvalue weighted by molar-refractivity contribution is -0.0461. The molecule has 2 rings (SSSR count). The summed E-state index contributed by atoms with van der Waals surface area (Å²) in [6.45, 7) is 4.35. The molecule has 0 N–H and O–H groups in total. The van der Waals surface area contributed by atoms with Gasteiger partial charge in [0.05, 0.1) is 5.02 Å². The summed E-state index contributed by atoms with van der Waals surface area (Å²) in [4.78, 5) is 0. The molecule has 1 nitrogen and oxygen atoms in total. The van der Waals surface area contributed by atoms with Crippen molar-refractivity contribution in [3.05, 3.63) is 27.7 Å². The fourth-order valence-electron chi connectivity index (χ4n) is 2.73. The Morgan fingerprint density at radius 3 is 2.61 bits per heavy atom. The van der Waals surface area contributed by atoms with Crippen LogP contribution in [-0.2, 0) is 0 Å². The molecule has 0 heterocycles. The van der Waals surface area contributed by atoms with E-state index in [1.165, 1.54) is 0 Å². The quantitative estimate of drug-likeness (QED) is 0.635. The van der Waals surface area contributed by atoms with Gasteiger partial charge in [-0.2, -0.15) is 0 Å². The number of rotatable bonds is 4. The van der Waals surface area contributed by atoms with Gasteiger partial charge in [0.15, 0.2) is 0 Å². The van der Waals surface area contributed by atoms with E-state index in [9.17, 15) is 0 Å². The highest BCUT2D eigenvalue weighted by Crippen LogP contribution is 2.52. The van der Waals surface area contributed by atoms with Crippen LogP contribution in [0.4, 0.5) is 0 Å². The van der Waals surface area contributed by atoms with Crippen LogP contribution in [0.1, 0.15) is 33.1 Å². The van der Waals surface area contributed by atoms with Crippen molar-refractivity contribution in [1.82, 2.24) is 0 Å². The summed E-state index contributed by atoms with van der Waals surface area (Å²) in [5, 5.41) is 0.862. The van der Waals surface area contributed by atoms with Gasteiger partial charge in [-0.3, -0.25) is 0 Å². The standard InChI is InChI=1S/C14H17BrCl2O/c1-3-14(4-2)12(17)8-13(14)18-11-7-9(15)5-6-10(11)16/h5-7,12-13H,3-4,8H2,1-2H3. The third kappa shape index (κ3) is 2.39. The van der Waals surface area contributed by atoms with Crippen LogP contribution in [-0.4, -0.2) is 11.5 Å². The fraction of sp³-hybridized carbons (Fsp3) is 0.571. The number of hydrogen-bond acceptors (Lipinski definition) is 1. The molecule has 1 aromatic carbocycles. The monoisotopic (exact) mass is 350 g/mol. The van der Waals surface area contributed by atoms with E-state index in [0.717, 1.165) is 29.5 Å². The molecule has 1 aliphatic carbocycles. The molecule has 2 unspecified atom stereocenters. The Balaban J connectivity index is 2.17. The van der Waals surface area contributed by atoms with Crippen molar-refractivity contribution in [2.24, 2.45) is 5.41 Å². The Bertz CT molecular complexity index is 432. The van der Waals surface area contributed by atoms with Gasteiger partial charge in [0.2, 0.25) is 0 Å². The Kier molecular flexibility index (Phi) is 4.51. The smallest absolute Gasteiger partial charge is 0.139 e. The van der Waals surface area contributed by atoms with E-state index in [0.29, 0.717) is 5.02 Å². The lowest BCUT2D eigenvalue weighted by Crippen LogP contribution is -2.56. The molecule has 100 valence electrons. The highest BCUT2D eigenvalue weighted by molar-refractivity contribution is 9.10. The van der Waals surface area contributed by atoms with E-state index in [2.05, 4.69) is 29.8 Å². The average Bonchev–Trinajstić information content (AvgIpc) is 2.35. The average molecular weight is 352 g/mol. The summed E-state index contributed by atoms with van der Waals surface area (Å²) in [6, 6.07) is 5.67. The molecule has 0 amide bonds. The van der Waals surface area contributed by atoms with E-state index in [1.54, 1.807) is 0 Å². The second-order valence-electron chi connectivity index (χ2n) is 4.82. The van der Waals surface area contributed by atoms with Gasteiger partial charge in [-0.25, -0.2) is 0 Å². The molecule has 1 fully saturated rings. The van der Waals surface area contributed by atoms with Gasteiger partial charge in [-0.1, -0.05) is 41.4 Å². The molecule has 2 atom stereocenters. The Hall–Kier alpha value is 0.0800. The van der Waals surface area contributed by atoms with Gasteiger partial charge in [0.25, 0.3) is 0 Å². The molecule has 0 bridgehead atoms. The largest absolute Gasteiger partial charge is 0.488 e. The summed E-state index contributed by atoms with van der Waals surface area (Å²) < 4.78 is 7.06. The predicted octanol–water partition coefficient (Wildman–Crippen LogP) is 5.67. The molecule has 0 aromatic heterocycles. The molecule has 1 aromatic rings. The molecule has 1 saturated carbocycles. The maximum Gasteiger partial charge on any atom is 0.139 e. The topological polar surface area (TPSA) is 9.23 Å². The van der Waals surface area contributed by atoms with Gasteiger partial charge >= 0.3 is 0 Å². The Morgan fingerprint density at radius 2 is 2.06 bits per heavy atom. The van der Waals surface area contributed by atoms with E-state index < -0.39 is 0 Å². The molecular weight excluding hydrogens is 335 g/mol. The van der Waals surface area contributed by atoms with Crippen LogP contribution >= 0.6 is 39.1 Å². The van der Waals surface area contributed by atoms with Gasteiger partial charge in [0.1, 0.15) is 11.9 Å². The maximum atomic E-state index is 6.38. The zero-order valence-corrected chi connectivity index (χ0v) is 13.6. The van der Waals surface area contributed by atoms with Gasteiger partial charge in [0, 0.05) is 21.7 Å². The summed E-state index contributed by atoms with van der Waals surface area (Å²) in [5.74, 6) is 0.742. The summed E-state index contributed by atoms with van der Waals surface area (Å²) in [7, 11) is 0. The number of ether oxygens (including phenoxy) is 1. The van der Waals surface area contributed by atoms with Gasteiger partial charge in [-0.15, -0.1) is 11.6 Å². The molecule has 4 heteroatoms. The van der Waals surface area contributed by atoms with E-state index in [4.69, 9.17) is 27.9 Å². The van der Waals surface area contributed by atoms with Gasteiger partial charge in [-0.05, 0) is 31.0 Å². The third-order valence-electron chi connectivity index (χ3n) is 4.17. The molecular formula is C14H17BrCl2O. The van der Waals surface area contributed by atoms with Crippen molar-refractivity contribution in [3.8, 4) is 5.75 Å². The van der Waals surface area contributed by atoms with Crippen LogP contribution in [0.5, 0.6) is 5.75 Å². The van der Waals surface area contributed by atoms with Crippen LogP contribution < -0.4 is 4.74 Å². The van der Waals surface area contributed by atoms with Crippen LogP contribution in [0.2, 0.25) is 5.02 Å². The fourth-order valence-corrected chi connectivity index (χ4v) is 3.85. The summed E-state index contributed by atoms with van der Waals surface area (Å²) in [5.41, 5.74) is 0.0905. The van der Waals surface area contributed by atoms with Crippen LogP contribution in [0.25, 0.3) is 0 Å². The highest BCUT2D eigenvalue weighted by atomic mass is 79.9. The summed E-state index contributed by atoms with van der Waals surface area (Å²) >= 11 is 16.0. The van der Waals surface area contributed by atoms with E-state index in [1.807, 2.05) is 18.2 Å². The Morgan fingerprint density at radius 1 is 1.39 bits per heavy atom. The lowest BCUT2D eigenvalue weighted by atomic mass is 9.62. The Labute approximate surface area is 127 Å². The molecule has 18 heavy (non-hydrogen) atoms. The minimum atomic E-state index is 0.0905. The molecule has 0 saturated heterocycles.